The van der Waals surface area contributed by atoms with Crippen molar-refractivity contribution in [1.29, 1.82) is 0 Å². The topological polar surface area (TPSA) is 38.9 Å². The highest BCUT2D eigenvalue weighted by molar-refractivity contribution is 7.09. The van der Waals surface area contributed by atoms with Crippen molar-refractivity contribution in [1.82, 2.24) is 4.98 Å². The summed E-state index contributed by atoms with van der Waals surface area (Å²) < 4.78 is 0. The minimum Gasteiger partial charge on any atom is -0.328 e. The van der Waals surface area contributed by atoms with Crippen molar-refractivity contribution in [2.75, 3.05) is 0 Å². The number of hydrogen-bond acceptors (Lipinski definition) is 3. The van der Waals surface area contributed by atoms with Crippen LogP contribution in [0.3, 0.4) is 0 Å². The summed E-state index contributed by atoms with van der Waals surface area (Å²) in [5, 5.41) is 3.33. The smallest absolute Gasteiger partial charge is 0.0933 e. The normalized spacial score (nSPS) is 12.7. The molecule has 0 aliphatic heterocycles. The molecule has 18 heavy (non-hydrogen) atoms. The molecule has 96 valence electrons. The van der Waals surface area contributed by atoms with Crippen molar-refractivity contribution in [2.24, 2.45) is 5.73 Å². The van der Waals surface area contributed by atoms with Gasteiger partial charge in [0.25, 0.3) is 0 Å². The van der Waals surface area contributed by atoms with E-state index < -0.39 is 0 Å². The summed E-state index contributed by atoms with van der Waals surface area (Å²) in [6.45, 7) is 6.30. The standard InChI is InChI=1S/C15H20N2S/c1-10-4-6-13(11(2)8-10)14-9-18-15(17-14)7-5-12(3)16/h4,6,8-9,12H,5,7,16H2,1-3H3. The van der Waals surface area contributed by atoms with E-state index >= 15 is 0 Å². The van der Waals surface area contributed by atoms with Gasteiger partial charge in [0.2, 0.25) is 0 Å². The van der Waals surface area contributed by atoms with Crippen LogP contribution >= 0.6 is 11.3 Å². The number of aromatic nitrogens is 1. The van der Waals surface area contributed by atoms with E-state index in [9.17, 15) is 0 Å². The molecule has 1 heterocycles. The van der Waals surface area contributed by atoms with Gasteiger partial charge >= 0.3 is 0 Å². The van der Waals surface area contributed by atoms with Gasteiger partial charge in [-0.3, -0.25) is 0 Å². The Morgan fingerprint density at radius 3 is 2.78 bits per heavy atom. The predicted molar refractivity (Wildman–Crippen MR) is 79.0 cm³/mol. The summed E-state index contributed by atoms with van der Waals surface area (Å²) in [6.07, 6.45) is 1.98. The first-order valence-corrected chi connectivity index (χ1v) is 7.22. The van der Waals surface area contributed by atoms with E-state index in [2.05, 4.69) is 37.4 Å². The van der Waals surface area contributed by atoms with Gasteiger partial charge in [-0.05, 0) is 32.8 Å². The number of hydrogen-bond donors (Lipinski definition) is 1. The van der Waals surface area contributed by atoms with Crippen LogP contribution in [-0.4, -0.2) is 11.0 Å². The van der Waals surface area contributed by atoms with Crippen LogP contribution in [0.1, 0.15) is 29.5 Å². The van der Waals surface area contributed by atoms with Gasteiger partial charge in [0.05, 0.1) is 10.7 Å². The van der Waals surface area contributed by atoms with E-state index in [0.717, 1.165) is 18.5 Å². The molecule has 2 rings (SSSR count). The molecule has 1 unspecified atom stereocenters. The molecule has 0 radical (unpaired) electrons. The molecule has 0 fully saturated rings. The highest BCUT2D eigenvalue weighted by Gasteiger charge is 2.07. The lowest BCUT2D eigenvalue weighted by Gasteiger charge is -2.04. The Bertz CT molecular complexity index is 529. The molecule has 2 nitrogen and oxygen atoms in total. The van der Waals surface area contributed by atoms with Gasteiger partial charge in [0, 0.05) is 23.4 Å². The highest BCUT2D eigenvalue weighted by atomic mass is 32.1. The second-order valence-electron chi connectivity index (χ2n) is 4.96. The van der Waals surface area contributed by atoms with Gasteiger partial charge in [0.1, 0.15) is 0 Å². The van der Waals surface area contributed by atoms with Crippen molar-refractivity contribution < 1.29 is 0 Å². The van der Waals surface area contributed by atoms with E-state index in [1.807, 2.05) is 6.92 Å². The third kappa shape index (κ3) is 3.18. The third-order valence-electron chi connectivity index (χ3n) is 3.02. The van der Waals surface area contributed by atoms with E-state index in [4.69, 9.17) is 10.7 Å². The van der Waals surface area contributed by atoms with Crippen LogP contribution < -0.4 is 5.73 Å². The number of benzene rings is 1. The fraction of sp³-hybridized carbons (Fsp3) is 0.400. The molecular weight excluding hydrogens is 240 g/mol. The molecule has 1 aromatic carbocycles. The zero-order valence-electron chi connectivity index (χ0n) is 11.2. The number of nitrogens with zero attached hydrogens (tertiary/aromatic N) is 1. The average molecular weight is 260 g/mol. The van der Waals surface area contributed by atoms with Crippen LogP contribution in [0.4, 0.5) is 0 Å². The Hall–Kier alpha value is -1.19. The Balaban J connectivity index is 2.18. The van der Waals surface area contributed by atoms with Gasteiger partial charge in [-0.1, -0.05) is 23.8 Å². The van der Waals surface area contributed by atoms with Crippen LogP contribution in [0.2, 0.25) is 0 Å². The van der Waals surface area contributed by atoms with Gasteiger partial charge in [0.15, 0.2) is 0 Å². The predicted octanol–water partition coefficient (Wildman–Crippen LogP) is 3.71. The molecular formula is C15H20N2S. The first kappa shape index (κ1) is 13.2. The number of rotatable bonds is 4. The summed E-state index contributed by atoms with van der Waals surface area (Å²) in [4.78, 5) is 4.71. The average Bonchev–Trinajstić information content (AvgIpc) is 2.75. The molecule has 1 atom stereocenters. The highest BCUT2D eigenvalue weighted by Crippen LogP contribution is 2.26. The number of nitrogens with two attached hydrogens (primary N) is 1. The van der Waals surface area contributed by atoms with Gasteiger partial charge in [-0.2, -0.15) is 0 Å². The monoisotopic (exact) mass is 260 g/mol. The maximum Gasteiger partial charge on any atom is 0.0933 e. The van der Waals surface area contributed by atoms with Crippen LogP contribution in [0.25, 0.3) is 11.3 Å². The molecule has 2 aromatic rings. The van der Waals surface area contributed by atoms with E-state index in [0.29, 0.717) is 0 Å². The molecule has 0 spiro atoms. The first-order valence-electron chi connectivity index (χ1n) is 6.34. The van der Waals surface area contributed by atoms with Crippen LogP contribution in [0.5, 0.6) is 0 Å². The maximum atomic E-state index is 5.78. The molecule has 3 heteroatoms. The maximum absolute atomic E-state index is 5.78. The summed E-state index contributed by atoms with van der Waals surface area (Å²) in [5.74, 6) is 0. The van der Waals surface area contributed by atoms with Crippen molar-refractivity contribution in [2.45, 2.75) is 39.7 Å². The summed E-state index contributed by atoms with van der Waals surface area (Å²) >= 11 is 1.73. The quantitative estimate of drug-likeness (QED) is 0.910. The first-order chi connectivity index (χ1) is 8.56. The lowest BCUT2D eigenvalue weighted by molar-refractivity contribution is 0.664. The largest absolute Gasteiger partial charge is 0.328 e. The van der Waals surface area contributed by atoms with Crippen LogP contribution in [0.15, 0.2) is 23.6 Å². The van der Waals surface area contributed by atoms with Crippen molar-refractivity contribution in [3.05, 3.63) is 39.7 Å². The summed E-state index contributed by atoms with van der Waals surface area (Å²) in [5.41, 5.74) is 10.7. The molecule has 0 bridgehead atoms. The molecule has 0 saturated carbocycles. The lowest BCUT2D eigenvalue weighted by atomic mass is 10.0. The minimum absolute atomic E-state index is 0.249. The molecule has 0 amide bonds. The number of aryl methyl sites for hydroxylation is 3. The molecule has 0 saturated heterocycles. The molecule has 0 aliphatic rings. The SMILES string of the molecule is Cc1ccc(-c2csc(CCC(C)N)n2)c(C)c1. The van der Waals surface area contributed by atoms with Gasteiger partial charge in [-0.25, -0.2) is 4.98 Å². The van der Waals surface area contributed by atoms with Crippen LogP contribution in [0, 0.1) is 13.8 Å². The number of thiazole rings is 1. The second-order valence-corrected chi connectivity index (χ2v) is 5.90. The second kappa shape index (κ2) is 5.63. The summed E-state index contributed by atoms with van der Waals surface area (Å²) in [7, 11) is 0. The molecule has 1 aromatic heterocycles. The van der Waals surface area contributed by atoms with E-state index in [-0.39, 0.29) is 6.04 Å². The van der Waals surface area contributed by atoms with Gasteiger partial charge < -0.3 is 5.73 Å². The molecule has 2 N–H and O–H groups in total. The Morgan fingerprint density at radius 2 is 2.11 bits per heavy atom. The van der Waals surface area contributed by atoms with E-state index in [1.165, 1.54) is 21.7 Å². The van der Waals surface area contributed by atoms with E-state index in [1.54, 1.807) is 11.3 Å². The van der Waals surface area contributed by atoms with Crippen molar-refractivity contribution in [3.63, 3.8) is 0 Å². The van der Waals surface area contributed by atoms with Gasteiger partial charge in [-0.15, -0.1) is 11.3 Å². The molecule has 0 aliphatic carbocycles. The Kier molecular flexibility index (Phi) is 4.15. The zero-order chi connectivity index (χ0) is 13.1. The van der Waals surface area contributed by atoms with Crippen LogP contribution in [-0.2, 0) is 6.42 Å². The summed E-state index contributed by atoms with van der Waals surface area (Å²) in [6, 6.07) is 6.76. The minimum atomic E-state index is 0.249. The lowest BCUT2D eigenvalue weighted by Crippen LogP contribution is -2.15. The Morgan fingerprint density at radius 1 is 1.33 bits per heavy atom. The fourth-order valence-corrected chi connectivity index (χ4v) is 2.82. The van der Waals surface area contributed by atoms with Crippen molar-refractivity contribution in [3.8, 4) is 11.3 Å². The Labute approximate surface area is 113 Å². The fourth-order valence-electron chi connectivity index (χ4n) is 2.00. The zero-order valence-corrected chi connectivity index (χ0v) is 12.1. The van der Waals surface area contributed by atoms with Crippen molar-refractivity contribution >= 4 is 11.3 Å². The third-order valence-corrected chi connectivity index (χ3v) is 3.93.